The van der Waals surface area contributed by atoms with E-state index < -0.39 is 30.4 Å². The van der Waals surface area contributed by atoms with Crippen molar-refractivity contribution in [3.05, 3.63) is 60.2 Å². The van der Waals surface area contributed by atoms with E-state index >= 15 is 0 Å². The lowest BCUT2D eigenvalue weighted by Crippen LogP contribution is -2.59. The van der Waals surface area contributed by atoms with Crippen molar-refractivity contribution < 1.29 is 41.0 Å². The number of anilines is 1. The topological polar surface area (TPSA) is 130 Å². The molecule has 0 unspecified atom stereocenters. The molecule has 0 aliphatic rings. The molecule has 0 saturated carbocycles. The van der Waals surface area contributed by atoms with Crippen molar-refractivity contribution >= 4 is 17.2 Å². The summed E-state index contributed by atoms with van der Waals surface area (Å²) in [6.07, 6.45) is -7.50. The zero-order chi connectivity index (χ0) is 27.9. The zero-order valence-electron chi connectivity index (χ0n) is 19.0. The Kier molecular flexibility index (Phi) is 6.49. The average molecular weight is 539 g/mol. The van der Waals surface area contributed by atoms with Gasteiger partial charge in [0.1, 0.15) is 17.0 Å². The molecule has 0 aliphatic carbocycles. The summed E-state index contributed by atoms with van der Waals surface area (Å²) < 4.78 is 86.6. The highest BCUT2D eigenvalue weighted by Gasteiger charge is 2.70. The van der Waals surface area contributed by atoms with Crippen molar-refractivity contribution in [2.45, 2.75) is 24.5 Å². The maximum absolute atomic E-state index is 13.3. The highest BCUT2D eigenvalue weighted by molar-refractivity contribution is 6.09. The number of benzene rings is 1. The van der Waals surface area contributed by atoms with E-state index in [4.69, 9.17) is 4.74 Å². The van der Waals surface area contributed by atoms with E-state index in [2.05, 4.69) is 20.5 Å². The summed E-state index contributed by atoms with van der Waals surface area (Å²) >= 11 is 0. The van der Waals surface area contributed by atoms with Crippen LogP contribution in [0.15, 0.2) is 49.1 Å². The molecule has 0 radical (unpaired) electrons. The minimum atomic E-state index is -6.11. The fourth-order valence-corrected chi connectivity index (χ4v) is 3.51. The van der Waals surface area contributed by atoms with Gasteiger partial charge >= 0.3 is 12.4 Å². The number of amides is 1. The second-order valence-electron chi connectivity index (χ2n) is 7.87. The third kappa shape index (κ3) is 4.59. The highest BCUT2D eigenvalue weighted by atomic mass is 19.4. The predicted octanol–water partition coefficient (Wildman–Crippen LogP) is 3.58. The monoisotopic (exact) mass is 539 g/mol. The Labute approximate surface area is 208 Å². The van der Waals surface area contributed by atoms with Gasteiger partial charge in [-0.25, -0.2) is 9.50 Å². The molecule has 1 amide bonds. The Hall–Kier alpha value is -4.65. The molecular weight excluding hydrogens is 524 g/mol. The number of aromatic nitrogens is 5. The Morgan fingerprint density at radius 3 is 2.55 bits per heavy atom. The summed E-state index contributed by atoms with van der Waals surface area (Å²) in [6, 6.07) is 7.29. The van der Waals surface area contributed by atoms with Crippen molar-refractivity contribution in [2.75, 3.05) is 12.4 Å². The van der Waals surface area contributed by atoms with Gasteiger partial charge in [0.25, 0.3) is 11.5 Å². The maximum atomic E-state index is 13.3. The Morgan fingerprint density at radius 1 is 1.21 bits per heavy atom. The van der Waals surface area contributed by atoms with Gasteiger partial charge in [0.05, 0.1) is 37.2 Å². The third-order valence-corrected chi connectivity index (χ3v) is 5.45. The van der Waals surface area contributed by atoms with Crippen LogP contribution in [-0.2, 0) is 6.54 Å². The molecule has 38 heavy (non-hydrogen) atoms. The lowest BCUT2D eigenvalue weighted by molar-refractivity contribution is -0.372. The number of nitrogens with one attached hydrogen (secondary N) is 1. The molecular formula is C22H15F6N7O3. The average Bonchev–Trinajstić information content (AvgIpc) is 3.46. The molecule has 2 N–H and O–H groups in total. The summed E-state index contributed by atoms with van der Waals surface area (Å²) in [5.41, 5.74) is -5.75. The predicted molar refractivity (Wildman–Crippen MR) is 117 cm³/mol. The Bertz CT molecular complexity index is 1540. The largest absolute Gasteiger partial charge is 0.496 e. The summed E-state index contributed by atoms with van der Waals surface area (Å²) in [6.45, 7) is -2.08. The van der Waals surface area contributed by atoms with E-state index in [1.54, 1.807) is 6.07 Å². The van der Waals surface area contributed by atoms with E-state index in [-0.39, 0.29) is 44.2 Å². The first-order chi connectivity index (χ1) is 17.8. The van der Waals surface area contributed by atoms with Gasteiger partial charge in [-0.1, -0.05) is 0 Å². The van der Waals surface area contributed by atoms with Gasteiger partial charge in [-0.15, -0.1) is 0 Å². The van der Waals surface area contributed by atoms with Gasteiger partial charge in [0.15, 0.2) is 5.65 Å². The van der Waals surface area contributed by atoms with Crippen LogP contribution < -0.4 is 10.1 Å². The second kappa shape index (κ2) is 9.34. The minimum Gasteiger partial charge on any atom is -0.496 e. The quantitative estimate of drug-likeness (QED) is 0.358. The summed E-state index contributed by atoms with van der Waals surface area (Å²) in [4.78, 5) is 17.1. The number of carbonyl (C=O) groups is 1. The maximum Gasteiger partial charge on any atom is 0.428 e. The van der Waals surface area contributed by atoms with Crippen LogP contribution in [-0.4, -0.2) is 60.5 Å². The Morgan fingerprint density at radius 2 is 1.92 bits per heavy atom. The normalized spacial score (nSPS) is 12.4. The van der Waals surface area contributed by atoms with Gasteiger partial charge in [-0.2, -0.15) is 41.8 Å². The van der Waals surface area contributed by atoms with Gasteiger partial charge in [0.2, 0.25) is 0 Å². The number of rotatable bonds is 6. The summed E-state index contributed by atoms with van der Waals surface area (Å²) in [5.74, 6) is -0.818. The van der Waals surface area contributed by atoms with Crippen LogP contribution in [0.25, 0.3) is 16.9 Å². The van der Waals surface area contributed by atoms with E-state index in [0.717, 1.165) is 6.20 Å². The van der Waals surface area contributed by atoms with Crippen molar-refractivity contribution in [3.8, 4) is 23.1 Å². The van der Waals surface area contributed by atoms with Gasteiger partial charge < -0.3 is 15.2 Å². The van der Waals surface area contributed by atoms with Crippen molar-refractivity contribution in [3.63, 3.8) is 0 Å². The van der Waals surface area contributed by atoms with E-state index in [1.807, 2.05) is 6.07 Å². The number of nitrogens with zero attached hydrogens (tertiary/aromatic N) is 6. The molecule has 0 atom stereocenters. The number of aliphatic hydroxyl groups is 1. The summed E-state index contributed by atoms with van der Waals surface area (Å²) in [7, 11) is 1.23. The molecule has 10 nitrogen and oxygen atoms in total. The van der Waals surface area contributed by atoms with E-state index in [1.165, 1.54) is 42.2 Å². The number of alkyl halides is 6. The van der Waals surface area contributed by atoms with Crippen LogP contribution in [0.2, 0.25) is 0 Å². The fourth-order valence-electron chi connectivity index (χ4n) is 3.51. The van der Waals surface area contributed by atoms with E-state index in [0.29, 0.717) is 6.20 Å². The lowest BCUT2D eigenvalue weighted by Gasteiger charge is -2.32. The number of halogens is 6. The number of carbonyl (C=O) groups excluding carboxylic acids is 1. The van der Waals surface area contributed by atoms with Crippen LogP contribution in [0, 0.1) is 11.3 Å². The molecule has 16 heteroatoms. The molecule has 0 fully saturated rings. The van der Waals surface area contributed by atoms with Crippen molar-refractivity contribution in [1.82, 2.24) is 24.4 Å². The zero-order valence-corrected chi connectivity index (χ0v) is 19.0. The molecule has 1 aromatic carbocycles. The fraction of sp³-hybridized carbons (Fsp3) is 0.227. The minimum absolute atomic E-state index is 0.0267. The van der Waals surface area contributed by atoms with Gasteiger partial charge in [-0.05, 0) is 24.3 Å². The highest BCUT2D eigenvalue weighted by Crippen LogP contribution is 2.44. The molecule has 3 heterocycles. The summed E-state index contributed by atoms with van der Waals surface area (Å²) in [5, 5.41) is 29.0. The molecule has 198 valence electrons. The van der Waals surface area contributed by atoms with Crippen molar-refractivity contribution in [1.29, 1.82) is 5.26 Å². The number of hydrogen-bond donors (Lipinski definition) is 2. The first kappa shape index (κ1) is 26.4. The first-order valence-electron chi connectivity index (χ1n) is 10.4. The number of methoxy groups -OCH3 is 1. The number of fused-ring (bicyclic) bond motifs is 1. The van der Waals surface area contributed by atoms with Gasteiger partial charge in [0, 0.05) is 24.2 Å². The molecule has 3 aromatic heterocycles. The van der Waals surface area contributed by atoms with Crippen molar-refractivity contribution in [2.24, 2.45) is 0 Å². The van der Waals surface area contributed by atoms with Gasteiger partial charge in [-0.3, -0.25) is 9.48 Å². The molecule has 0 aliphatic heterocycles. The first-order valence-corrected chi connectivity index (χ1v) is 10.4. The molecule has 4 aromatic rings. The van der Waals surface area contributed by atoms with Crippen LogP contribution >= 0.6 is 0 Å². The van der Waals surface area contributed by atoms with E-state index in [9.17, 15) is 41.5 Å². The molecule has 0 saturated heterocycles. The number of hydrogen-bond acceptors (Lipinski definition) is 7. The molecule has 0 bridgehead atoms. The standard InChI is InChI=1S/C22H15F6N7O3/c1-38-16-4-3-12(8-29)7-13(16)17-15(32-19(36)14-9-31-35-6-2-5-30-18(14)35)10-34(33-17)11-20(37,21(23,24)25)22(26,27)28/h2-7,9-10,37H,11H2,1H3,(H,32,36). The van der Waals surface area contributed by atoms with Crippen LogP contribution in [0.4, 0.5) is 32.0 Å². The van der Waals surface area contributed by atoms with Crippen LogP contribution in [0.5, 0.6) is 5.75 Å². The third-order valence-electron chi connectivity index (χ3n) is 5.45. The number of ether oxygens (including phenoxy) is 1. The molecule has 4 rings (SSSR count). The molecule has 0 spiro atoms. The lowest BCUT2D eigenvalue weighted by atomic mass is 10.0. The second-order valence-corrected chi connectivity index (χ2v) is 7.87. The number of nitriles is 1. The van der Waals surface area contributed by atoms with Crippen LogP contribution in [0.3, 0.4) is 0 Å². The SMILES string of the molecule is COc1ccc(C#N)cc1-c1nn(CC(O)(C(F)(F)F)C(F)(F)F)cc1NC(=O)c1cnn2cccnc12. The van der Waals surface area contributed by atoms with Crippen LogP contribution in [0.1, 0.15) is 15.9 Å². The Balaban J connectivity index is 1.84. The smallest absolute Gasteiger partial charge is 0.428 e.